The van der Waals surface area contributed by atoms with Gasteiger partial charge in [-0.2, -0.15) is 4.98 Å². The standard InChI is InChI=1S/C16H15N3O4S/c1-19-14-11(9-17-16(18-14)24(3,21)22)8-13(15(19)20)10-4-6-12(23-2)7-5-10/h4-9H,1-3H3. The van der Waals surface area contributed by atoms with E-state index in [4.69, 9.17) is 4.74 Å². The maximum absolute atomic E-state index is 12.6. The van der Waals surface area contributed by atoms with Gasteiger partial charge in [0.15, 0.2) is 0 Å². The predicted octanol–water partition coefficient (Wildman–Crippen LogP) is 1.41. The van der Waals surface area contributed by atoms with Crippen molar-refractivity contribution in [3.8, 4) is 16.9 Å². The lowest BCUT2D eigenvalue weighted by Crippen LogP contribution is -2.20. The van der Waals surface area contributed by atoms with Gasteiger partial charge in [0.05, 0.1) is 7.11 Å². The molecule has 0 aliphatic rings. The molecule has 2 heterocycles. The lowest BCUT2D eigenvalue weighted by molar-refractivity contribution is 0.415. The monoisotopic (exact) mass is 345 g/mol. The molecule has 0 amide bonds. The highest BCUT2D eigenvalue weighted by atomic mass is 32.2. The average molecular weight is 345 g/mol. The van der Waals surface area contributed by atoms with Crippen molar-refractivity contribution >= 4 is 20.9 Å². The predicted molar refractivity (Wildman–Crippen MR) is 89.9 cm³/mol. The number of nitrogens with zero attached hydrogens (tertiary/aromatic N) is 3. The van der Waals surface area contributed by atoms with E-state index in [1.807, 2.05) is 0 Å². The van der Waals surface area contributed by atoms with Crippen LogP contribution in [0, 0.1) is 0 Å². The molecular formula is C16H15N3O4S. The van der Waals surface area contributed by atoms with E-state index < -0.39 is 9.84 Å². The normalized spacial score (nSPS) is 11.6. The third kappa shape index (κ3) is 2.76. The van der Waals surface area contributed by atoms with Crippen molar-refractivity contribution in [3.63, 3.8) is 0 Å². The number of sulfone groups is 1. The van der Waals surface area contributed by atoms with Crippen LogP contribution in [0.5, 0.6) is 5.75 Å². The minimum atomic E-state index is -3.55. The van der Waals surface area contributed by atoms with Gasteiger partial charge in [0.1, 0.15) is 11.4 Å². The summed E-state index contributed by atoms with van der Waals surface area (Å²) in [4.78, 5) is 20.5. The summed E-state index contributed by atoms with van der Waals surface area (Å²) in [5.41, 5.74) is 1.20. The lowest BCUT2D eigenvalue weighted by atomic mass is 10.1. The fourth-order valence-electron chi connectivity index (χ4n) is 2.39. The quantitative estimate of drug-likeness (QED) is 0.667. The first kappa shape index (κ1) is 16.1. The van der Waals surface area contributed by atoms with Gasteiger partial charge in [0.2, 0.25) is 15.0 Å². The molecule has 2 aromatic heterocycles. The van der Waals surface area contributed by atoms with Gasteiger partial charge < -0.3 is 4.74 Å². The molecule has 7 nitrogen and oxygen atoms in total. The topological polar surface area (TPSA) is 91.2 Å². The van der Waals surface area contributed by atoms with Crippen molar-refractivity contribution in [2.75, 3.05) is 13.4 Å². The first-order chi connectivity index (χ1) is 11.3. The first-order valence-electron chi connectivity index (χ1n) is 7.02. The molecule has 0 atom stereocenters. The van der Waals surface area contributed by atoms with E-state index in [2.05, 4.69) is 9.97 Å². The molecule has 8 heteroatoms. The number of benzene rings is 1. The maximum atomic E-state index is 12.6. The molecule has 0 aliphatic carbocycles. The SMILES string of the molecule is COc1ccc(-c2cc3cnc(S(C)(=O)=O)nc3n(C)c2=O)cc1. The summed E-state index contributed by atoms with van der Waals surface area (Å²) < 4.78 is 29.6. The summed E-state index contributed by atoms with van der Waals surface area (Å²) in [6.07, 6.45) is 2.43. The van der Waals surface area contributed by atoms with E-state index in [1.54, 1.807) is 44.5 Å². The average Bonchev–Trinajstić information content (AvgIpc) is 2.57. The molecule has 0 spiro atoms. The van der Waals surface area contributed by atoms with Gasteiger partial charge in [-0.3, -0.25) is 9.36 Å². The van der Waals surface area contributed by atoms with Crippen molar-refractivity contribution in [1.82, 2.24) is 14.5 Å². The number of fused-ring (bicyclic) bond motifs is 1. The Morgan fingerprint density at radius 3 is 2.42 bits per heavy atom. The van der Waals surface area contributed by atoms with Crippen LogP contribution in [-0.2, 0) is 16.9 Å². The second kappa shape index (κ2) is 5.72. The van der Waals surface area contributed by atoms with Gasteiger partial charge >= 0.3 is 0 Å². The third-order valence-electron chi connectivity index (χ3n) is 3.66. The number of hydrogen-bond donors (Lipinski definition) is 0. The molecule has 124 valence electrons. The molecule has 0 saturated heterocycles. The lowest BCUT2D eigenvalue weighted by Gasteiger charge is -2.09. The highest BCUT2D eigenvalue weighted by Gasteiger charge is 2.15. The van der Waals surface area contributed by atoms with E-state index in [-0.39, 0.29) is 16.4 Å². The molecule has 3 rings (SSSR count). The van der Waals surface area contributed by atoms with Crippen LogP contribution in [0.4, 0.5) is 0 Å². The molecular weight excluding hydrogens is 330 g/mol. The van der Waals surface area contributed by atoms with Crippen LogP contribution in [0.25, 0.3) is 22.2 Å². The Hall–Kier alpha value is -2.74. The fraction of sp³-hybridized carbons (Fsp3) is 0.188. The third-order valence-corrected chi connectivity index (χ3v) is 4.52. The van der Waals surface area contributed by atoms with E-state index in [1.165, 1.54) is 10.8 Å². The van der Waals surface area contributed by atoms with Gasteiger partial charge in [0, 0.05) is 30.4 Å². The Morgan fingerprint density at radius 2 is 1.83 bits per heavy atom. The zero-order valence-corrected chi connectivity index (χ0v) is 14.2. The smallest absolute Gasteiger partial charge is 0.259 e. The van der Waals surface area contributed by atoms with Crippen LogP contribution in [-0.4, -0.2) is 36.3 Å². The van der Waals surface area contributed by atoms with Crippen LogP contribution in [0.15, 0.2) is 46.5 Å². The Morgan fingerprint density at radius 1 is 1.17 bits per heavy atom. The largest absolute Gasteiger partial charge is 0.497 e. The molecule has 0 radical (unpaired) electrons. The van der Waals surface area contributed by atoms with Crippen LogP contribution in [0.2, 0.25) is 0 Å². The number of pyridine rings is 1. The summed E-state index contributed by atoms with van der Waals surface area (Å²) in [7, 11) is -0.423. The van der Waals surface area contributed by atoms with Crippen molar-refractivity contribution in [3.05, 3.63) is 46.9 Å². The van der Waals surface area contributed by atoms with Crippen LogP contribution >= 0.6 is 0 Å². The number of ether oxygens (including phenoxy) is 1. The van der Waals surface area contributed by atoms with E-state index in [9.17, 15) is 13.2 Å². The second-order valence-corrected chi connectivity index (χ2v) is 7.26. The zero-order chi connectivity index (χ0) is 17.5. The summed E-state index contributed by atoms with van der Waals surface area (Å²) in [5.74, 6) is 0.692. The van der Waals surface area contributed by atoms with Crippen LogP contribution < -0.4 is 10.3 Å². The molecule has 0 bridgehead atoms. The van der Waals surface area contributed by atoms with E-state index in [0.29, 0.717) is 16.7 Å². The molecule has 0 unspecified atom stereocenters. The maximum Gasteiger partial charge on any atom is 0.259 e. The van der Waals surface area contributed by atoms with Crippen LogP contribution in [0.1, 0.15) is 0 Å². The second-order valence-electron chi connectivity index (χ2n) is 5.35. The minimum Gasteiger partial charge on any atom is -0.497 e. The van der Waals surface area contributed by atoms with Crippen molar-refractivity contribution in [1.29, 1.82) is 0 Å². The molecule has 24 heavy (non-hydrogen) atoms. The molecule has 0 aliphatic heterocycles. The summed E-state index contributed by atoms with van der Waals surface area (Å²) in [6.45, 7) is 0. The number of aromatic nitrogens is 3. The van der Waals surface area contributed by atoms with E-state index in [0.717, 1.165) is 11.8 Å². The fourth-order valence-corrected chi connectivity index (χ4v) is 2.88. The Bertz CT molecular complexity index is 1090. The minimum absolute atomic E-state index is 0.271. The Kier molecular flexibility index (Phi) is 3.84. The highest BCUT2D eigenvalue weighted by molar-refractivity contribution is 7.90. The summed E-state index contributed by atoms with van der Waals surface area (Å²) in [5, 5.41) is 0.275. The van der Waals surface area contributed by atoms with E-state index >= 15 is 0 Å². The molecule has 0 saturated carbocycles. The van der Waals surface area contributed by atoms with Gasteiger partial charge in [0.25, 0.3) is 5.56 Å². The van der Waals surface area contributed by atoms with Gasteiger partial charge in [-0.25, -0.2) is 13.4 Å². The van der Waals surface area contributed by atoms with Gasteiger partial charge in [-0.05, 0) is 23.8 Å². The van der Waals surface area contributed by atoms with Crippen molar-refractivity contribution in [2.45, 2.75) is 5.16 Å². The van der Waals surface area contributed by atoms with Crippen LogP contribution in [0.3, 0.4) is 0 Å². The van der Waals surface area contributed by atoms with Crippen molar-refractivity contribution in [2.24, 2.45) is 7.05 Å². The Labute approximate surface area is 138 Å². The first-order valence-corrected chi connectivity index (χ1v) is 8.91. The van der Waals surface area contributed by atoms with Crippen molar-refractivity contribution < 1.29 is 13.2 Å². The molecule has 1 aromatic carbocycles. The molecule has 3 aromatic rings. The summed E-state index contributed by atoms with van der Waals surface area (Å²) >= 11 is 0. The zero-order valence-electron chi connectivity index (χ0n) is 13.3. The number of aryl methyl sites for hydroxylation is 1. The van der Waals surface area contributed by atoms with Gasteiger partial charge in [-0.15, -0.1) is 0 Å². The number of rotatable bonds is 3. The van der Waals surface area contributed by atoms with Gasteiger partial charge in [-0.1, -0.05) is 12.1 Å². The number of methoxy groups -OCH3 is 1. The summed E-state index contributed by atoms with van der Waals surface area (Å²) in [6, 6.07) is 8.76. The number of hydrogen-bond acceptors (Lipinski definition) is 6. The highest BCUT2D eigenvalue weighted by Crippen LogP contribution is 2.22. The molecule has 0 N–H and O–H groups in total. The Balaban J connectivity index is 2.25. The molecule has 0 fully saturated rings.